The molecule has 0 radical (unpaired) electrons. The standard InChI is InChI=1S/C15H21N3O2/c1-16-5-7-18(8-6-16)15(20)11-17-9-12-3-2-4-14(19)13(12)10-17/h9-10H,2-8,11H2,1H3. The molecule has 0 spiro atoms. The minimum atomic E-state index is 0.151. The number of amides is 1. The molecule has 0 N–H and O–H groups in total. The molecule has 0 saturated carbocycles. The quantitative estimate of drug-likeness (QED) is 0.801. The van der Waals surface area contributed by atoms with Crippen LogP contribution < -0.4 is 0 Å². The van der Waals surface area contributed by atoms with Gasteiger partial charge in [0.25, 0.3) is 0 Å². The first-order valence-corrected chi connectivity index (χ1v) is 7.31. The lowest BCUT2D eigenvalue weighted by Crippen LogP contribution is -2.48. The van der Waals surface area contributed by atoms with Crippen molar-refractivity contribution >= 4 is 11.7 Å². The van der Waals surface area contributed by atoms with E-state index >= 15 is 0 Å². The number of nitrogens with zero attached hydrogens (tertiary/aromatic N) is 3. The van der Waals surface area contributed by atoms with Crippen molar-refractivity contribution in [1.29, 1.82) is 0 Å². The fraction of sp³-hybridized carbons (Fsp3) is 0.600. The molecule has 2 aliphatic rings. The van der Waals surface area contributed by atoms with Gasteiger partial charge in [-0.25, -0.2) is 0 Å². The molecule has 0 aromatic carbocycles. The second kappa shape index (κ2) is 5.40. The van der Waals surface area contributed by atoms with Gasteiger partial charge in [-0.15, -0.1) is 0 Å². The normalized spacial score (nSPS) is 20.1. The number of likely N-dealkylation sites (N-methyl/N-ethyl adjacent to an activating group) is 1. The summed E-state index contributed by atoms with van der Waals surface area (Å²) in [5.74, 6) is 0.370. The number of hydrogen-bond donors (Lipinski definition) is 0. The zero-order valence-electron chi connectivity index (χ0n) is 12.0. The van der Waals surface area contributed by atoms with Gasteiger partial charge in [-0.2, -0.15) is 0 Å². The van der Waals surface area contributed by atoms with Gasteiger partial charge in [-0.3, -0.25) is 9.59 Å². The summed E-state index contributed by atoms with van der Waals surface area (Å²) in [5, 5.41) is 0. The molecule has 0 bridgehead atoms. The van der Waals surface area contributed by atoms with Crippen LogP contribution in [0.15, 0.2) is 12.4 Å². The third-order valence-electron chi connectivity index (χ3n) is 4.29. The van der Waals surface area contributed by atoms with E-state index in [1.807, 2.05) is 21.9 Å². The van der Waals surface area contributed by atoms with Crippen molar-refractivity contribution in [3.05, 3.63) is 23.5 Å². The minimum Gasteiger partial charge on any atom is -0.344 e. The molecule has 2 heterocycles. The Hall–Kier alpha value is -1.62. The van der Waals surface area contributed by atoms with Crippen LogP contribution in [0.3, 0.4) is 0 Å². The van der Waals surface area contributed by atoms with Crippen molar-refractivity contribution in [1.82, 2.24) is 14.4 Å². The molecule has 5 heteroatoms. The second-order valence-electron chi connectivity index (χ2n) is 5.83. The third-order valence-corrected chi connectivity index (χ3v) is 4.29. The Kier molecular flexibility index (Phi) is 3.61. The molecular formula is C15H21N3O2. The molecule has 1 aromatic heterocycles. The summed E-state index contributed by atoms with van der Waals surface area (Å²) < 4.78 is 1.88. The summed E-state index contributed by atoms with van der Waals surface area (Å²) >= 11 is 0. The maximum Gasteiger partial charge on any atom is 0.242 e. The molecule has 1 aliphatic heterocycles. The van der Waals surface area contributed by atoms with Gasteiger partial charge in [-0.1, -0.05) is 0 Å². The van der Waals surface area contributed by atoms with Crippen LogP contribution in [0.1, 0.15) is 28.8 Å². The van der Waals surface area contributed by atoms with Crippen molar-refractivity contribution < 1.29 is 9.59 Å². The largest absolute Gasteiger partial charge is 0.344 e. The number of aromatic nitrogens is 1. The number of carbonyl (C=O) groups excluding carboxylic acids is 2. The van der Waals surface area contributed by atoms with Gasteiger partial charge in [-0.05, 0) is 25.5 Å². The predicted octanol–water partition coefficient (Wildman–Crippen LogP) is 0.781. The molecule has 3 rings (SSSR count). The number of ketones is 1. The lowest BCUT2D eigenvalue weighted by atomic mass is 9.95. The number of hydrogen-bond acceptors (Lipinski definition) is 3. The Morgan fingerprint density at radius 1 is 1.15 bits per heavy atom. The van der Waals surface area contributed by atoms with Gasteiger partial charge in [0.15, 0.2) is 5.78 Å². The van der Waals surface area contributed by atoms with Crippen molar-refractivity contribution in [3.63, 3.8) is 0 Å². The minimum absolute atomic E-state index is 0.151. The van der Waals surface area contributed by atoms with E-state index in [0.717, 1.165) is 50.1 Å². The average Bonchev–Trinajstić information content (AvgIpc) is 2.83. The van der Waals surface area contributed by atoms with E-state index in [4.69, 9.17) is 0 Å². The number of rotatable bonds is 2. The Balaban J connectivity index is 1.66. The highest BCUT2D eigenvalue weighted by atomic mass is 16.2. The Morgan fingerprint density at radius 3 is 2.60 bits per heavy atom. The number of carbonyl (C=O) groups is 2. The van der Waals surface area contributed by atoms with E-state index in [0.29, 0.717) is 13.0 Å². The number of piperazine rings is 1. The SMILES string of the molecule is CN1CCN(C(=O)Cn2cc3c(c2)C(=O)CCC3)CC1. The summed E-state index contributed by atoms with van der Waals surface area (Å²) in [6, 6.07) is 0. The van der Waals surface area contributed by atoms with E-state index < -0.39 is 0 Å². The van der Waals surface area contributed by atoms with Gasteiger partial charge in [0.1, 0.15) is 6.54 Å². The molecule has 1 aromatic rings. The molecule has 0 unspecified atom stereocenters. The first-order valence-electron chi connectivity index (χ1n) is 7.31. The average molecular weight is 275 g/mol. The predicted molar refractivity (Wildman–Crippen MR) is 75.8 cm³/mol. The molecule has 1 saturated heterocycles. The monoisotopic (exact) mass is 275 g/mol. The van der Waals surface area contributed by atoms with E-state index in [1.54, 1.807) is 0 Å². The van der Waals surface area contributed by atoms with E-state index in [9.17, 15) is 9.59 Å². The van der Waals surface area contributed by atoms with Gasteiger partial charge < -0.3 is 14.4 Å². The molecule has 1 amide bonds. The summed E-state index contributed by atoms with van der Waals surface area (Å²) in [7, 11) is 2.08. The number of fused-ring (bicyclic) bond motifs is 1. The molecule has 1 fully saturated rings. The van der Waals surface area contributed by atoms with Crippen molar-refractivity contribution in [3.8, 4) is 0 Å². The number of aryl methyl sites for hydroxylation is 1. The zero-order chi connectivity index (χ0) is 14.1. The van der Waals surface area contributed by atoms with Crippen molar-refractivity contribution in [2.24, 2.45) is 0 Å². The Labute approximate surface area is 119 Å². The fourth-order valence-corrected chi connectivity index (χ4v) is 2.98. The smallest absolute Gasteiger partial charge is 0.242 e. The Bertz CT molecular complexity index is 527. The highest BCUT2D eigenvalue weighted by Gasteiger charge is 2.22. The molecule has 20 heavy (non-hydrogen) atoms. The van der Waals surface area contributed by atoms with E-state index in [2.05, 4.69) is 11.9 Å². The molecular weight excluding hydrogens is 254 g/mol. The van der Waals surface area contributed by atoms with Crippen LogP contribution in [0.2, 0.25) is 0 Å². The van der Waals surface area contributed by atoms with Crippen LogP contribution in [0.4, 0.5) is 0 Å². The lowest BCUT2D eigenvalue weighted by Gasteiger charge is -2.32. The van der Waals surface area contributed by atoms with E-state index in [1.165, 1.54) is 0 Å². The first kappa shape index (κ1) is 13.4. The zero-order valence-corrected chi connectivity index (χ0v) is 12.0. The van der Waals surface area contributed by atoms with Crippen LogP contribution in [0.5, 0.6) is 0 Å². The van der Waals surface area contributed by atoms with Gasteiger partial charge >= 0.3 is 0 Å². The maximum absolute atomic E-state index is 12.3. The summed E-state index contributed by atoms with van der Waals surface area (Å²) in [6.45, 7) is 3.83. The third kappa shape index (κ3) is 2.63. The summed E-state index contributed by atoms with van der Waals surface area (Å²) in [6.07, 6.45) is 6.35. The molecule has 108 valence electrons. The molecule has 5 nitrogen and oxygen atoms in total. The van der Waals surface area contributed by atoms with Crippen molar-refractivity contribution in [2.75, 3.05) is 33.2 Å². The lowest BCUT2D eigenvalue weighted by molar-refractivity contribution is -0.133. The van der Waals surface area contributed by atoms with Gasteiger partial charge in [0.05, 0.1) is 0 Å². The topological polar surface area (TPSA) is 45.5 Å². The van der Waals surface area contributed by atoms with Crippen molar-refractivity contribution in [2.45, 2.75) is 25.8 Å². The van der Waals surface area contributed by atoms with E-state index in [-0.39, 0.29) is 11.7 Å². The maximum atomic E-state index is 12.3. The van der Waals surface area contributed by atoms with Gasteiger partial charge in [0.2, 0.25) is 5.91 Å². The van der Waals surface area contributed by atoms with Crippen LogP contribution in [0.25, 0.3) is 0 Å². The number of Topliss-reactive ketones (excluding diaryl/α,β-unsaturated/α-hetero) is 1. The van der Waals surface area contributed by atoms with Gasteiger partial charge in [0, 0.05) is 50.6 Å². The van der Waals surface area contributed by atoms with Crippen LogP contribution in [-0.4, -0.2) is 59.3 Å². The summed E-state index contributed by atoms with van der Waals surface area (Å²) in [5.41, 5.74) is 1.93. The fourth-order valence-electron chi connectivity index (χ4n) is 2.98. The first-order chi connectivity index (χ1) is 9.63. The second-order valence-corrected chi connectivity index (χ2v) is 5.83. The molecule has 0 atom stereocenters. The molecule has 1 aliphatic carbocycles. The highest BCUT2D eigenvalue weighted by Crippen LogP contribution is 2.22. The van der Waals surface area contributed by atoms with Crippen LogP contribution in [-0.2, 0) is 17.8 Å². The summed E-state index contributed by atoms with van der Waals surface area (Å²) in [4.78, 5) is 28.2. The Morgan fingerprint density at radius 2 is 1.90 bits per heavy atom. The van der Waals surface area contributed by atoms with Crippen LogP contribution >= 0.6 is 0 Å². The van der Waals surface area contributed by atoms with Crippen LogP contribution in [0, 0.1) is 0 Å². The highest BCUT2D eigenvalue weighted by molar-refractivity contribution is 5.98.